The van der Waals surface area contributed by atoms with Crippen LogP contribution in [0.1, 0.15) is 18.5 Å². The third-order valence-corrected chi connectivity index (χ3v) is 5.15. The average Bonchev–Trinajstić information content (AvgIpc) is 3.15. The number of hydrogen-bond acceptors (Lipinski definition) is 7. The Kier molecular flexibility index (Phi) is 6.08. The van der Waals surface area contributed by atoms with E-state index in [4.69, 9.17) is 10.5 Å². The van der Waals surface area contributed by atoms with Crippen molar-refractivity contribution in [2.75, 3.05) is 25.4 Å². The highest BCUT2D eigenvalue weighted by molar-refractivity contribution is 5.90. The van der Waals surface area contributed by atoms with Gasteiger partial charge in [0.05, 0.1) is 11.6 Å². The van der Waals surface area contributed by atoms with Crippen LogP contribution in [0.4, 0.5) is 5.82 Å². The first-order valence-corrected chi connectivity index (χ1v) is 10.1. The van der Waals surface area contributed by atoms with Crippen LogP contribution in [0.3, 0.4) is 0 Å². The van der Waals surface area contributed by atoms with Gasteiger partial charge in [-0.25, -0.2) is 14.6 Å². The molecule has 4 rings (SSSR count). The molecule has 0 aliphatic carbocycles. The largest absolute Gasteiger partial charge is 0.479 e. The number of amides is 1. The minimum Gasteiger partial charge on any atom is -0.479 e. The van der Waals surface area contributed by atoms with Crippen molar-refractivity contribution in [3.05, 3.63) is 49.2 Å². The Bertz CT molecular complexity index is 1150. The van der Waals surface area contributed by atoms with Gasteiger partial charge in [0.25, 0.3) is 0 Å². The number of fused-ring (bicyclic) bond motifs is 1. The predicted octanol–water partition coefficient (Wildman–Crippen LogP) is 1.66. The molecule has 0 saturated carbocycles. The second kappa shape index (κ2) is 9.26. The first-order valence-electron chi connectivity index (χ1n) is 10.1. The average molecular weight is 417 g/mol. The fourth-order valence-corrected chi connectivity index (χ4v) is 3.70. The Morgan fingerprint density at radius 2 is 2.32 bits per heavy atom. The van der Waals surface area contributed by atoms with E-state index in [1.807, 2.05) is 15.6 Å². The maximum absolute atomic E-state index is 12.0. The molecule has 3 aromatic rings. The van der Waals surface area contributed by atoms with Gasteiger partial charge in [-0.1, -0.05) is 12.5 Å². The third-order valence-electron chi connectivity index (χ3n) is 5.15. The molecular formula is C22H23N7O2. The summed E-state index contributed by atoms with van der Waals surface area (Å²) in [4.78, 5) is 26.3. The second-order valence-electron chi connectivity index (χ2n) is 7.26. The molecule has 0 bridgehead atoms. The van der Waals surface area contributed by atoms with E-state index in [2.05, 4.69) is 38.5 Å². The summed E-state index contributed by atoms with van der Waals surface area (Å²) in [5, 5.41) is 5.28. The van der Waals surface area contributed by atoms with Gasteiger partial charge in [0.2, 0.25) is 5.91 Å². The van der Waals surface area contributed by atoms with Crippen molar-refractivity contribution in [1.29, 1.82) is 0 Å². The zero-order valence-electron chi connectivity index (χ0n) is 17.1. The number of pyridine rings is 1. The number of hydrogen-bond donors (Lipinski definition) is 1. The second-order valence-corrected chi connectivity index (χ2v) is 7.26. The van der Waals surface area contributed by atoms with E-state index < -0.39 is 0 Å². The molecule has 1 atom stereocenters. The Labute approximate surface area is 179 Å². The lowest BCUT2D eigenvalue weighted by molar-refractivity contribution is -0.127. The number of piperidine rings is 1. The van der Waals surface area contributed by atoms with Gasteiger partial charge in [-0.15, -0.1) is 0 Å². The summed E-state index contributed by atoms with van der Waals surface area (Å²) in [6.45, 7) is 5.80. The fraction of sp³-hybridized carbons (Fsp3) is 0.318. The van der Waals surface area contributed by atoms with Gasteiger partial charge in [-0.3, -0.25) is 9.78 Å². The van der Waals surface area contributed by atoms with E-state index in [1.54, 1.807) is 18.5 Å². The van der Waals surface area contributed by atoms with Gasteiger partial charge in [0.1, 0.15) is 30.2 Å². The smallest absolute Gasteiger partial charge is 0.245 e. The maximum atomic E-state index is 12.0. The predicted molar refractivity (Wildman–Crippen MR) is 116 cm³/mol. The standard InChI is InChI=1S/C22H23N7O2/c1-2-19(30)28-10-4-6-16(13-28)14-29-22-20(21(23)25-15-26-22)18(27-29)8-5-11-31-17-7-3-9-24-12-17/h2-3,7,9,12,15-16H,1,4,6,10-11,13-14H2,(H2,23,25,26)/t16-/m1/s1. The van der Waals surface area contributed by atoms with Crippen LogP contribution in [0.15, 0.2) is 43.5 Å². The Morgan fingerprint density at radius 3 is 3.13 bits per heavy atom. The van der Waals surface area contributed by atoms with E-state index in [-0.39, 0.29) is 18.4 Å². The quantitative estimate of drug-likeness (QED) is 0.496. The molecule has 158 valence electrons. The van der Waals surface area contributed by atoms with Crippen molar-refractivity contribution < 1.29 is 9.53 Å². The Balaban J connectivity index is 1.54. The van der Waals surface area contributed by atoms with Gasteiger partial charge in [0.15, 0.2) is 5.65 Å². The highest BCUT2D eigenvalue weighted by atomic mass is 16.5. The van der Waals surface area contributed by atoms with E-state index in [9.17, 15) is 4.79 Å². The van der Waals surface area contributed by atoms with E-state index >= 15 is 0 Å². The molecule has 1 aliphatic heterocycles. The molecule has 0 aromatic carbocycles. The highest BCUT2D eigenvalue weighted by Gasteiger charge is 2.24. The Hall–Kier alpha value is -3.93. The summed E-state index contributed by atoms with van der Waals surface area (Å²) in [6.07, 6.45) is 8.04. The topological polar surface area (TPSA) is 112 Å². The normalized spacial score (nSPS) is 15.9. The molecule has 2 N–H and O–H groups in total. The lowest BCUT2D eigenvalue weighted by Gasteiger charge is -2.32. The fourth-order valence-electron chi connectivity index (χ4n) is 3.70. The number of nitrogen functional groups attached to an aromatic ring is 1. The number of carbonyl (C=O) groups excluding carboxylic acids is 1. The number of nitrogens with zero attached hydrogens (tertiary/aromatic N) is 6. The van der Waals surface area contributed by atoms with Gasteiger partial charge in [-0.05, 0) is 42.9 Å². The van der Waals surface area contributed by atoms with Crippen molar-refractivity contribution in [2.45, 2.75) is 19.4 Å². The van der Waals surface area contributed by atoms with E-state index in [0.717, 1.165) is 19.4 Å². The van der Waals surface area contributed by atoms with Crippen LogP contribution < -0.4 is 10.5 Å². The zero-order chi connectivity index (χ0) is 21.6. The zero-order valence-corrected chi connectivity index (χ0v) is 17.1. The molecule has 4 heterocycles. The summed E-state index contributed by atoms with van der Waals surface area (Å²) in [7, 11) is 0. The van der Waals surface area contributed by atoms with E-state index in [0.29, 0.717) is 41.4 Å². The van der Waals surface area contributed by atoms with Crippen molar-refractivity contribution in [3.63, 3.8) is 0 Å². The maximum Gasteiger partial charge on any atom is 0.245 e. The van der Waals surface area contributed by atoms with Gasteiger partial charge in [-0.2, -0.15) is 5.10 Å². The highest BCUT2D eigenvalue weighted by Crippen LogP contribution is 2.24. The summed E-state index contributed by atoms with van der Waals surface area (Å²) in [5.74, 6) is 7.19. The van der Waals surface area contributed by atoms with Crippen molar-refractivity contribution >= 4 is 22.8 Å². The molecule has 9 nitrogen and oxygen atoms in total. The van der Waals surface area contributed by atoms with Crippen LogP contribution in [-0.2, 0) is 11.3 Å². The SMILES string of the molecule is C=CC(=O)N1CCC[C@@H](Cn2nc(C#CCOc3cccnc3)c3c(N)ncnc32)C1. The molecule has 1 saturated heterocycles. The third kappa shape index (κ3) is 4.64. The van der Waals surface area contributed by atoms with E-state index in [1.165, 1.54) is 12.4 Å². The van der Waals surface area contributed by atoms with Crippen molar-refractivity contribution in [2.24, 2.45) is 5.92 Å². The summed E-state index contributed by atoms with van der Waals surface area (Å²) < 4.78 is 7.38. The first kappa shape index (κ1) is 20.3. The first-order chi connectivity index (χ1) is 15.2. The lowest BCUT2D eigenvalue weighted by Crippen LogP contribution is -2.40. The summed E-state index contributed by atoms with van der Waals surface area (Å²) >= 11 is 0. The van der Waals surface area contributed by atoms with Crippen LogP contribution in [0, 0.1) is 17.8 Å². The minimum absolute atomic E-state index is 0.0400. The molecule has 0 spiro atoms. The number of likely N-dealkylation sites (tertiary alicyclic amines) is 1. The summed E-state index contributed by atoms with van der Waals surface area (Å²) in [5.41, 5.74) is 7.25. The Morgan fingerprint density at radius 1 is 1.42 bits per heavy atom. The van der Waals surface area contributed by atoms with Gasteiger partial charge >= 0.3 is 0 Å². The van der Waals surface area contributed by atoms with Crippen LogP contribution in [0.2, 0.25) is 0 Å². The van der Waals surface area contributed by atoms with Crippen molar-refractivity contribution in [3.8, 4) is 17.6 Å². The number of aromatic nitrogens is 5. The van der Waals surface area contributed by atoms with Crippen molar-refractivity contribution in [1.82, 2.24) is 29.6 Å². The molecular weight excluding hydrogens is 394 g/mol. The number of ether oxygens (including phenoxy) is 1. The van der Waals surface area contributed by atoms with Gasteiger partial charge in [0, 0.05) is 25.8 Å². The number of carbonyl (C=O) groups is 1. The number of nitrogens with two attached hydrogens (primary N) is 1. The lowest BCUT2D eigenvalue weighted by atomic mass is 9.98. The molecule has 31 heavy (non-hydrogen) atoms. The van der Waals surface area contributed by atoms with Crippen LogP contribution in [0.5, 0.6) is 5.75 Å². The molecule has 0 radical (unpaired) electrons. The molecule has 1 amide bonds. The number of anilines is 1. The van der Waals surface area contributed by atoms with Gasteiger partial charge < -0.3 is 15.4 Å². The molecule has 9 heteroatoms. The summed E-state index contributed by atoms with van der Waals surface area (Å²) in [6, 6.07) is 3.61. The monoisotopic (exact) mass is 417 g/mol. The van der Waals surface area contributed by atoms with Crippen LogP contribution in [-0.4, -0.2) is 55.2 Å². The number of rotatable bonds is 5. The molecule has 1 aliphatic rings. The molecule has 3 aromatic heterocycles. The van der Waals surface area contributed by atoms with Crippen LogP contribution >= 0.6 is 0 Å². The molecule has 1 fully saturated rings. The minimum atomic E-state index is -0.0400. The van der Waals surface area contributed by atoms with Crippen LogP contribution in [0.25, 0.3) is 11.0 Å². The molecule has 0 unspecified atom stereocenters.